The van der Waals surface area contributed by atoms with Gasteiger partial charge in [0, 0.05) is 18.3 Å². The van der Waals surface area contributed by atoms with Crippen LogP contribution in [0.5, 0.6) is 0 Å². The van der Waals surface area contributed by atoms with Gasteiger partial charge in [0.05, 0.1) is 16.5 Å². The Morgan fingerprint density at radius 1 is 1.20 bits per heavy atom. The SMILES string of the molecule is O=C(O)C12CC(C(=O)O)(C1)C2c1ccc2nccn2n1. The van der Waals surface area contributed by atoms with E-state index in [1.807, 2.05) is 0 Å². The van der Waals surface area contributed by atoms with E-state index in [2.05, 4.69) is 10.1 Å². The number of nitrogens with zero attached hydrogens (tertiary/aromatic N) is 3. The molecule has 0 amide bonds. The van der Waals surface area contributed by atoms with Crippen molar-refractivity contribution in [2.24, 2.45) is 10.8 Å². The first-order chi connectivity index (χ1) is 9.49. The van der Waals surface area contributed by atoms with E-state index in [1.54, 1.807) is 24.5 Å². The van der Waals surface area contributed by atoms with Crippen molar-refractivity contribution in [1.82, 2.24) is 14.6 Å². The van der Waals surface area contributed by atoms with Crippen molar-refractivity contribution in [3.63, 3.8) is 0 Å². The van der Waals surface area contributed by atoms with Gasteiger partial charge >= 0.3 is 11.9 Å². The number of rotatable bonds is 3. The number of carboxylic acid groups (broad SMARTS) is 2. The Labute approximate surface area is 112 Å². The van der Waals surface area contributed by atoms with Crippen LogP contribution in [0, 0.1) is 10.8 Å². The Bertz CT molecular complexity index is 734. The molecule has 20 heavy (non-hydrogen) atoms. The van der Waals surface area contributed by atoms with Gasteiger partial charge in [0.15, 0.2) is 5.65 Å². The quantitative estimate of drug-likeness (QED) is 0.855. The highest BCUT2D eigenvalue weighted by atomic mass is 16.4. The lowest BCUT2D eigenvalue weighted by molar-refractivity contribution is -0.246. The first-order valence-corrected chi connectivity index (χ1v) is 6.27. The van der Waals surface area contributed by atoms with Gasteiger partial charge in [0.1, 0.15) is 0 Å². The Hall–Kier alpha value is -2.44. The largest absolute Gasteiger partial charge is 0.481 e. The summed E-state index contributed by atoms with van der Waals surface area (Å²) in [6, 6.07) is 3.41. The molecule has 3 aliphatic rings. The lowest BCUT2D eigenvalue weighted by Gasteiger charge is -2.71. The summed E-state index contributed by atoms with van der Waals surface area (Å²) in [6.45, 7) is 0. The number of carboxylic acids is 2. The fraction of sp³-hybridized carbons (Fsp3) is 0.385. The summed E-state index contributed by atoms with van der Waals surface area (Å²) in [5.41, 5.74) is -0.757. The van der Waals surface area contributed by atoms with Crippen LogP contribution < -0.4 is 0 Å². The number of aromatic nitrogens is 3. The minimum absolute atomic E-state index is 0.193. The molecule has 3 aliphatic carbocycles. The third kappa shape index (κ3) is 1.03. The summed E-state index contributed by atoms with van der Waals surface area (Å²) in [4.78, 5) is 27.0. The van der Waals surface area contributed by atoms with Crippen LogP contribution in [0.1, 0.15) is 24.5 Å². The Morgan fingerprint density at radius 2 is 1.85 bits per heavy atom. The maximum atomic E-state index is 11.5. The second-order valence-electron chi connectivity index (χ2n) is 5.70. The molecule has 0 radical (unpaired) electrons. The first-order valence-electron chi connectivity index (χ1n) is 6.27. The number of aliphatic carboxylic acids is 2. The molecule has 0 aromatic carbocycles. The summed E-state index contributed by atoms with van der Waals surface area (Å²) in [5, 5.41) is 23.1. The van der Waals surface area contributed by atoms with Crippen molar-refractivity contribution in [2.75, 3.05) is 0 Å². The molecule has 0 unspecified atom stereocenters. The molecule has 0 spiro atoms. The number of hydrogen-bond donors (Lipinski definition) is 2. The molecule has 2 heterocycles. The molecular formula is C13H11N3O4. The smallest absolute Gasteiger partial charge is 0.310 e. The van der Waals surface area contributed by atoms with Crippen LogP contribution in [0.15, 0.2) is 24.5 Å². The van der Waals surface area contributed by atoms with E-state index in [-0.39, 0.29) is 12.8 Å². The van der Waals surface area contributed by atoms with Gasteiger partial charge < -0.3 is 10.2 Å². The Balaban J connectivity index is 1.83. The van der Waals surface area contributed by atoms with Gasteiger partial charge in [0.25, 0.3) is 0 Å². The number of fused-ring (bicyclic) bond motifs is 1. The minimum Gasteiger partial charge on any atom is -0.481 e. The summed E-state index contributed by atoms with van der Waals surface area (Å²) < 4.78 is 1.54. The zero-order chi connectivity index (χ0) is 14.1. The highest BCUT2D eigenvalue weighted by Crippen LogP contribution is 2.80. The standard InChI is InChI=1S/C13H11N3O4/c17-10(18)12-5-13(6-12,11(19)20)9(12)7-1-2-8-14-3-4-16(8)15-7/h1-4,9H,5-6H2,(H,17,18)(H,19,20). The predicted octanol–water partition coefficient (Wildman–Crippen LogP) is 0.762. The third-order valence-electron chi connectivity index (χ3n) is 4.79. The maximum absolute atomic E-state index is 11.5. The van der Waals surface area contributed by atoms with E-state index in [4.69, 9.17) is 0 Å². The van der Waals surface area contributed by atoms with Crippen LogP contribution >= 0.6 is 0 Å². The summed E-state index contributed by atoms with van der Waals surface area (Å²) >= 11 is 0. The summed E-state index contributed by atoms with van der Waals surface area (Å²) in [6.07, 6.45) is 3.63. The van der Waals surface area contributed by atoms with Gasteiger partial charge in [-0.1, -0.05) is 0 Å². The average molecular weight is 273 g/mol. The topological polar surface area (TPSA) is 105 Å². The molecule has 3 saturated carbocycles. The van der Waals surface area contributed by atoms with Gasteiger partial charge in [-0.3, -0.25) is 9.59 Å². The van der Waals surface area contributed by atoms with Crippen molar-refractivity contribution in [3.05, 3.63) is 30.2 Å². The van der Waals surface area contributed by atoms with Crippen molar-refractivity contribution in [2.45, 2.75) is 18.8 Å². The van der Waals surface area contributed by atoms with Gasteiger partial charge in [-0.15, -0.1) is 0 Å². The highest BCUT2D eigenvalue weighted by molar-refractivity contribution is 5.92. The van der Waals surface area contributed by atoms with Gasteiger partial charge in [-0.2, -0.15) is 5.10 Å². The van der Waals surface area contributed by atoms with E-state index < -0.39 is 28.7 Å². The zero-order valence-electron chi connectivity index (χ0n) is 10.4. The molecule has 7 nitrogen and oxygen atoms in total. The molecule has 3 fully saturated rings. The first kappa shape index (κ1) is 11.4. The fourth-order valence-electron chi connectivity index (χ4n) is 3.85. The van der Waals surface area contributed by atoms with Crippen LogP contribution in [0.4, 0.5) is 0 Å². The molecular weight excluding hydrogens is 262 g/mol. The lowest BCUT2D eigenvalue weighted by atomic mass is 9.28. The average Bonchev–Trinajstić information content (AvgIpc) is 2.72. The normalized spacial score (nSPS) is 34.3. The molecule has 0 aliphatic heterocycles. The predicted molar refractivity (Wildman–Crippen MR) is 65.1 cm³/mol. The Kier molecular flexibility index (Phi) is 1.81. The van der Waals surface area contributed by atoms with E-state index in [0.29, 0.717) is 11.3 Å². The van der Waals surface area contributed by atoms with Crippen LogP contribution in [-0.2, 0) is 9.59 Å². The highest BCUT2D eigenvalue weighted by Gasteiger charge is 2.83. The van der Waals surface area contributed by atoms with Crippen molar-refractivity contribution >= 4 is 17.6 Å². The van der Waals surface area contributed by atoms with Crippen LogP contribution in [0.3, 0.4) is 0 Å². The van der Waals surface area contributed by atoms with Crippen molar-refractivity contribution < 1.29 is 19.8 Å². The molecule has 5 rings (SSSR count). The lowest BCUT2D eigenvalue weighted by Crippen LogP contribution is -2.74. The molecule has 0 atom stereocenters. The molecule has 7 heteroatoms. The molecule has 0 saturated heterocycles. The van der Waals surface area contributed by atoms with Crippen LogP contribution in [0.25, 0.3) is 5.65 Å². The van der Waals surface area contributed by atoms with Crippen LogP contribution in [-0.4, -0.2) is 36.7 Å². The molecule has 2 bridgehead atoms. The second-order valence-corrected chi connectivity index (χ2v) is 5.70. The number of carbonyl (C=O) groups is 2. The van der Waals surface area contributed by atoms with Gasteiger partial charge in [-0.05, 0) is 25.0 Å². The maximum Gasteiger partial charge on any atom is 0.310 e. The second kappa shape index (κ2) is 3.17. The molecule has 2 aromatic heterocycles. The van der Waals surface area contributed by atoms with E-state index in [9.17, 15) is 19.8 Å². The fourth-order valence-corrected chi connectivity index (χ4v) is 3.85. The third-order valence-corrected chi connectivity index (χ3v) is 4.79. The van der Waals surface area contributed by atoms with E-state index in [0.717, 1.165) is 0 Å². The van der Waals surface area contributed by atoms with Crippen molar-refractivity contribution in [3.8, 4) is 0 Å². The van der Waals surface area contributed by atoms with Crippen LogP contribution in [0.2, 0.25) is 0 Å². The van der Waals surface area contributed by atoms with E-state index >= 15 is 0 Å². The Morgan fingerprint density at radius 3 is 2.45 bits per heavy atom. The minimum atomic E-state index is -0.959. The number of hydrogen-bond acceptors (Lipinski definition) is 4. The summed E-state index contributed by atoms with van der Waals surface area (Å²) in [7, 11) is 0. The molecule has 2 aromatic rings. The van der Waals surface area contributed by atoms with Gasteiger partial charge in [0.2, 0.25) is 0 Å². The van der Waals surface area contributed by atoms with Crippen molar-refractivity contribution in [1.29, 1.82) is 0 Å². The van der Waals surface area contributed by atoms with E-state index in [1.165, 1.54) is 4.52 Å². The van der Waals surface area contributed by atoms with Gasteiger partial charge in [-0.25, -0.2) is 9.50 Å². The monoisotopic (exact) mass is 273 g/mol. The molecule has 102 valence electrons. The number of imidazole rings is 1. The molecule has 2 N–H and O–H groups in total. The zero-order valence-corrected chi connectivity index (χ0v) is 10.4. The summed E-state index contributed by atoms with van der Waals surface area (Å²) in [5.74, 6) is -2.42.